The van der Waals surface area contributed by atoms with E-state index in [-0.39, 0.29) is 5.91 Å². The highest BCUT2D eigenvalue weighted by atomic mass is 32.1. The van der Waals surface area contributed by atoms with Crippen molar-refractivity contribution in [3.8, 4) is 0 Å². The number of nitrogens with one attached hydrogen (secondary N) is 1. The molecule has 1 aliphatic carbocycles. The van der Waals surface area contributed by atoms with E-state index in [1.54, 1.807) is 17.8 Å². The van der Waals surface area contributed by atoms with Gasteiger partial charge in [0.2, 0.25) is 0 Å². The fourth-order valence-corrected chi connectivity index (χ4v) is 4.04. The number of thiophene rings is 1. The van der Waals surface area contributed by atoms with Gasteiger partial charge in [0, 0.05) is 17.6 Å². The second kappa shape index (κ2) is 5.57. The van der Waals surface area contributed by atoms with Gasteiger partial charge in [-0.15, -0.1) is 11.3 Å². The molecule has 0 aromatic carbocycles. The zero-order chi connectivity index (χ0) is 15.9. The number of amides is 2. The van der Waals surface area contributed by atoms with Crippen molar-refractivity contribution in [3.05, 3.63) is 33.5 Å². The van der Waals surface area contributed by atoms with Crippen molar-refractivity contribution in [3.63, 3.8) is 0 Å². The molecule has 3 rings (SSSR count). The van der Waals surface area contributed by atoms with Crippen LogP contribution in [0.4, 0.5) is 5.00 Å². The van der Waals surface area contributed by atoms with Gasteiger partial charge in [-0.3, -0.25) is 14.3 Å². The average Bonchev–Trinajstić information content (AvgIpc) is 2.99. The lowest BCUT2D eigenvalue weighted by atomic mass is 9.95. The minimum Gasteiger partial charge on any atom is -0.365 e. The molecule has 0 spiro atoms. The number of aryl methyl sites for hydroxylation is 3. The monoisotopic (exact) mass is 318 g/mol. The first-order chi connectivity index (χ1) is 10.5. The van der Waals surface area contributed by atoms with Crippen LogP contribution in [-0.4, -0.2) is 21.6 Å². The maximum atomic E-state index is 12.3. The summed E-state index contributed by atoms with van der Waals surface area (Å²) in [6.07, 6.45) is 3.96. The molecule has 22 heavy (non-hydrogen) atoms. The molecule has 2 aromatic heterocycles. The summed E-state index contributed by atoms with van der Waals surface area (Å²) in [6.45, 7) is 1.88. The fourth-order valence-electron chi connectivity index (χ4n) is 2.75. The second-order valence-corrected chi connectivity index (χ2v) is 6.63. The van der Waals surface area contributed by atoms with E-state index in [1.165, 1.54) is 11.3 Å². The number of aromatic nitrogens is 2. The number of primary amides is 1. The molecule has 6 nitrogen and oxygen atoms in total. The summed E-state index contributed by atoms with van der Waals surface area (Å²) in [5.74, 6) is -0.795. The van der Waals surface area contributed by atoms with Crippen molar-refractivity contribution < 1.29 is 9.59 Å². The lowest BCUT2D eigenvalue weighted by Crippen LogP contribution is -2.19. The smallest absolute Gasteiger partial charge is 0.276 e. The Bertz CT molecular complexity index is 740. The molecule has 1 aliphatic rings. The first-order valence-corrected chi connectivity index (χ1v) is 8.05. The van der Waals surface area contributed by atoms with E-state index in [0.717, 1.165) is 41.8 Å². The number of nitrogens with two attached hydrogens (primary N) is 1. The third-order valence-corrected chi connectivity index (χ3v) is 5.20. The standard InChI is InChI=1S/C15H18N4O2S/c1-8-7-10(18-19(8)2)14(21)17-15-12(13(16)20)9-5-3-4-6-11(9)22-15/h7H,3-6H2,1-2H3,(H2,16,20)(H,17,21). The predicted molar refractivity (Wildman–Crippen MR) is 85.4 cm³/mol. The van der Waals surface area contributed by atoms with Crippen LogP contribution in [0.2, 0.25) is 0 Å². The minimum absolute atomic E-state index is 0.315. The normalized spacial score (nSPS) is 13.7. The van der Waals surface area contributed by atoms with Gasteiger partial charge in [-0.05, 0) is 44.2 Å². The molecular weight excluding hydrogens is 300 g/mol. The van der Waals surface area contributed by atoms with Gasteiger partial charge in [0.1, 0.15) is 5.00 Å². The Morgan fingerprint density at radius 2 is 2.09 bits per heavy atom. The van der Waals surface area contributed by atoms with Crippen molar-refractivity contribution in [1.29, 1.82) is 0 Å². The van der Waals surface area contributed by atoms with E-state index < -0.39 is 5.91 Å². The maximum Gasteiger partial charge on any atom is 0.276 e. The molecule has 0 radical (unpaired) electrons. The molecule has 2 amide bonds. The van der Waals surface area contributed by atoms with Gasteiger partial charge in [0.15, 0.2) is 5.69 Å². The van der Waals surface area contributed by atoms with Crippen LogP contribution in [0, 0.1) is 6.92 Å². The highest BCUT2D eigenvalue weighted by molar-refractivity contribution is 7.17. The lowest BCUT2D eigenvalue weighted by Gasteiger charge is -2.11. The molecule has 0 aliphatic heterocycles. The minimum atomic E-state index is -0.480. The molecular formula is C15H18N4O2S. The second-order valence-electron chi connectivity index (χ2n) is 5.53. The van der Waals surface area contributed by atoms with Crippen molar-refractivity contribution in [1.82, 2.24) is 9.78 Å². The molecule has 0 atom stereocenters. The summed E-state index contributed by atoms with van der Waals surface area (Å²) in [5, 5.41) is 7.51. The summed E-state index contributed by atoms with van der Waals surface area (Å²) < 4.78 is 1.64. The van der Waals surface area contributed by atoms with E-state index in [0.29, 0.717) is 16.3 Å². The van der Waals surface area contributed by atoms with E-state index in [9.17, 15) is 9.59 Å². The summed E-state index contributed by atoms with van der Waals surface area (Å²) in [5.41, 5.74) is 8.23. The number of hydrogen-bond donors (Lipinski definition) is 2. The van der Waals surface area contributed by atoms with Crippen molar-refractivity contribution in [2.45, 2.75) is 32.6 Å². The van der Waals surface area contributed by atoms with Gasteiger partial charge in [0.25, 0.3) is 11.8 Å². The molecule has 2 heterocycles. The Morgan fingerprint density at radius 3 is 2.73 bits per heavy atom. The van der Waals surface area contributed by atoms with Crippen molar-refractivity contribution in [2.75, 3.05) is 5.32 Å². The largest absolute Gasteiger partial charge is 0.365 e. The van der Waals surface area contributed by atoms with Crippen LogP contribution in [-0.2, 0) is 19.9 Å². The number of anilines is 1. The van der Waals surface area contributed by atoms with Crippen LogP contribution in [0.3, 0.4) is 0 Å². The van der Waals surface area contributed by atoms with Crippen LogP contribution in [0.5, 0.6) is 0 Å². The van der Waals surface area contributed by atoms with Crippen LogP contribution >= 0.6 is 11.3 Å². The number of carbonyl (C=O) groups excluding carboxylic acids is 2. The van der Waals surface area contributed by atoms with E-state index in [4.69, 9.17) is 5.73 Å². The van der Waals surface area contributed by atoms with Crippen LogP contribution in [0.1, 0.15) is 49.8 Å². The van der Waals surface area contributed by atoms with Crippen LogP contribution in [0.25, 0.3) is 0 Å². The third kappa shape index (κ3) is 2.52. The SMILES string of the molecule is Cc1cc(C(=O)Nc2sc3c(c2C(N)=O)CCCC3)nn1C. The molecule has 2 aromatic rings. The van der Waals surface area contributed by atoms with Gasteiger partial charge in [-0.1, -0.05) is 0 Å². The van der Waals surface area contributed by atoms with Crippen LogP contribution in [0.15, 0.2) is 6.07 Å². The molecule has 0 saturated carbocycles. The highest BCUT2D eigenvalue weighted by Crippen LogP contribution is 2.38. The molecule has 116 valence electrons. The summed E-state index contributed by atoms with van der Waals surface area (Å²) >= 11 is 1.46. The van der Waals surface area contributed by atoms with Gasteiger partial charge in [0.05, 0.1) is 5.56 Å². The molecule has 7 heteroatoms. The number of nitrogens with zero attached hydrogens (tertiary/aromatic N) is 2. The third-order valence-electron chi connectivity index (χ3n) is 3.99. The van der Waals surface area contributed by atoms with E-state index in [1.807, 2.05) is 6.92 Å². The fraction of sp³-hybridized carbons (Fsp3) is 0.400. The van der Waals surface area contributed by atoms with Gasteiger partial charge in [-0.2, -0.15) is 5.10 Å². The Hall–Kier alpha value is -2.15. The Kier molecular flexibility index (Phi) is 3.74. The maximum absolute atomic E-state index is 12.3. The highest BCUT2D eigenvalue weighted by Gasteiger charge is 2.25. The van der Waals surface area contributed by atoms with Gasteiger partial charge in [-0.25, -0.2) is 0 Å². The molecule has 3 N–H and O–H groups in total. The van der Waals surface area contributed by atoms with Gasteiger partial charge >= 0.3 is 0 Å². The van der Waals surface area contributed by atoms with Crippen molar-refractivity contribution >= 4 is 28.2 Å². The number of rotatable bonds is 3. The first-order valence-electron chi connectivity index (χ1n) is 7.23. The van der Waals surface area contributed by atoms with Crippen LogP contribution < -0.4 is 11.1 Å². The predicted octanol–water partition coefficient (Wildman–Crippen LogP) is 2.02. The number of hydrogen-bond acceptors (Lipinski definition) is 4. The number of fused-ring (bicyclic) bond motifs is 1. The van der Waals surface area contributed by atoms with Gasteiger partial charge < -0.3 is 11.1 Å². The molecule has 0 bridgehead atoms. The van der Waals surface area contributed by atoms with E-state index in [2.05, 4.69) is 10.4 Å². The Balaban J connectivity index is 1.93. The Morgan fingerprint density at radius 1 is 1.36 bits per heavy atom. The number of carbonyl (C=O) groups is 2. The zero-order valence-electron chi connectivity index (χ0n) is 12.6. The zero-order valence-corrected chi connectivity index (χ0v) is 13.4. The topological polar surface area (TPSA) is 90.0 Å². The first kappa shape index (κ1) is 14.8. The van der Waals surface area contributed by atoms with E-state index >= 15 is 0 Å². The summed E-state index contributed by atoms with van der Waals surface area (Å²) in [4.78, 5) is 25.3. The molecule has 0 fully saturated rings. The average molecular weight is 318 g/mol. The Labute approximate surface area is 132 Å². The summed E-state index contributed by atoms with van der Waals surface area (Å²) in [6, 6.07) is 1.72. The lowest BCUT2D eigenvalue weighted by molar-refractivity contribution is 0.100. The molecule has 0 unspecified atom stereocenters. The summed E-state index contributed by atoms with van der Waals surface area (Å²) in [7, 11) is 1.78. The van der Waals surface area contributed by atoms with Crippen molar-refractivity contribution in [2.24, 2.45) is 12.8 Å². The quantitative estimate of drug-likeness (QED) is 0.907. The molecule has 0 saturated heterocycles.